The van der Waals surface area contributed by atoms with Gasteiger partial charge in [0.05, 0.1) is 6.04 Å². The van der Waals surface area contributed by atoms with Crippen LogP contribution in [0.15, 0.2) is 18.3 Å². The second kappa shape index (κ2) is 10.4. The number of piperidine rings is 1. The molecule has 1 aliphatic carbocycles. The van der Waals surface area contributed by atoms with E-state index >= 15 is 0 Å². The minimum Gasteiger partial charge on any atom is -0.354 e. The summed E-state index contributed by atoms with van der Waals surface area (Å²) < 4.78 is 0. The van der Waals surface area contributed by atoms with Crippen molar-refractivity contribution >= 4 is 36.6 Å². The number of carbonyl (C=O) groups is 2. The van der Waals surface area contributed by atoms with Gasteiger partial charge in [0.15, 0.2) is 0 Å². The van der Waals surface area contributed by atoms with Gasteiger partial charge in [0.25, 0.3) is 5.91 Å². The zero-order chi connectivity index (χ0) is 17.9. The normalized spacial score (nSPS) is 24.1. The molecule has 2 saturated heterocycles. The molecule has 8 heteroatoms. The summed E-state index contributed by atoms with van der Waals surface area (Å²) in [5, 5.41) is 6.29. The predicted molar refractivity (Wildman–Crippen MR) is 113 cm³/mol. The van der Waals surface area contributed by atoms with Gasteiger partial charge >= 0.3 is 0 Å². The average molecular weight is 429 g/mol. The molecule has 0 aromatic carbocycles. The second-order valence-electron chi connectivity index (χ2n) is 7.90. The minimum atomic E-state index is -0.0366. The Bertz CT molecular complexity index is 661. The van der Waals surface area contributed by atoms with Crippen molar-refractivity contribution in [3.63, 3.8) is 0 Å². The fraction of sp³-hybridized carbons (Fsp3) is 0.650. The van der Waals surface area contributed by atoms with Gasteiger partial charge < -0.3 is 15.5 Å². The summed E-state index contributed by atoms with van der Waals surface area (Å²) in [5.41, 5.74) is 1.79. The Morgan fingerprint density at radius 3 is 2.61 bits per heavy atom. The summed E-state index contributed by atoms with van der Waals surface area (Å²) in [5.74, 6) is 1.09. The molecule has 4 rings (SSSR count). The van der Waals surface area contributed by atoms with Crippen molar-refractivity contribution in [1.82, 2.24) is 20.5 Å². The van der Waals surface area contributed by atoms with Gasteiger partial charge in [-0.25, -0.2) is 0 Å². The van der Waals surface area contributed by atoms with Crippen molar-refractivity contribution in [2.75, 3.05) is 26.2 Å². The summed E-state index contributed by atoms with van der Waals surface area (Å²) in [7, 11) is 0. The number of likely N-dealkylation sites (tertiary alicyclic amines) is 1. The molecule has 156 valence electrons. The number of hydrogen-bond donors (Lipinski definition) is 2. The molecule has 1 aromatic rings. The highest BCUT2D eigenvalue weighted by Crippen LogP contribution is 2.39. The quantitative estimate of drug-likeness (QED) is 0.755. The molecule has 3 fully saturated rings. The van der Waals surface area contributed by atoms with Crippen molar-refractivity contribution in [2.24, 2.45) is 5.92 Å². The Balaban J connectivity index is 0.00000140. The fourth-order valence-electron chi connectivity index (χ4n) is 4.04. The zero-order valence-corrected chi connectivity index (χ0v) is 17.7. The standard InChI is InChI=1S/C20H28N4O2.2ClH/c25-19(17-4-1-9-21-17)23-11-14-3-2-10-24(13-14)20(26)18-8-7-16(12-22-18)15-5-6-15;;/h7-8,12,14-15,17,21H,1-6,9-11,13H2,(H,23,25);2*1H. The van der Waals surface area contributed by atoms with Crippen LogP contribution in [0.2, 0.25) is 0 Å². The van der Waals surface area contributed by atoms with Crippen molar-refractivity contribution < 1.29 is 9.59 Å². The van der Waals surface area contributed by atoms with E-state index in [1.54, 1.807) is 0 Å². The van der Waals surface area contributed by atoms with E-state index in [1.807, 2.05) is 23.2 Å². The summed E-state index contributed by atoms with van der Waals surface area (Å²) in [6.07, 6.45) is 8.36. The number of hydrogen-bond acceptors (Lipinski definition) is 4. The average Bonchev–Trinajstić information content (AvgIpc) is 3.39. The third-order valence-corrected chi connectivity index (χ3v) is 5.80. The third kappa shape index (κ3) is 5.58. The maximum absolute atomic E-state index is 12.8. The maximum Gasteiger partial charge on any atom is 0.272 e. The highest BCUT2D eigenvalue weighted by atomic mass is 35.5. The van der Waals surface area contributed by atoms with Crippen molar-refractivity contribution in [1.29, 1.82) is 0 Å². The molecule has 3 heterocycles. The number of nitrogens with one attached hydrogen (secondary N) is 2. The van der Waals surface area contributed by atoms with Gasteiger partial charge in [-0.1, -0.05) is 6.07 Å². The topological polar surface area (TPSA) is 74.3 Å². The first-order valence-electron chi connectivity index (χ1n) is 9.97. The highest BCUT2D eigenvalue weighted by molar-refractivity contribution is 5.92. The van der Waals surface area contributed by atoms with E-state index in [-0.39, 0.29) is 42.7 Å². The van der Waals surface area contributed by atoms with E-state index in [9.17, 15) is 9.59 Å². The van der Waals surface area contributed by atoms with Crippen molar-refractivity contribution in [3.8, 4) is 0 Å². The molecule has 0 spiro atoms. The number of halogens is 2. The molecule has 28 heavy (non-hydrogen) atoms. The Labute approximate surface area is 179 Å². The molecular weight excluding hydrogens is 399 g/mol. The fourth-order valence-corrected chi connectivity index (χ4v) is 4.04. The van der Waals surface area contributed by atoms with Crippen LogP contribution >= 0.6 is 24.8 Å². The Morgan fingerprint density at radius 1 is 1.14 bits per heavy atom. The number of amides is 2. The number of rotatable bonds is 5. The number of pyridine rings is 1. The van der Waals surface area contributed by atoms with Crippen LogP contribution in [0.25, 0.3) is 0 Å². The van der Waals surface area contributed by atoms with Crippen LogP contribution in [-0.4, -0.2) is 53.9 Å². The van der Waals surface area contributed by atoms with Gasteiger partial charge in [0.1, 0.15) is 5.69 Å². The number of aromatic nitrogens is 1. The number of carbonyl (C=O) groups excluding carboxylic acids is 2. The van der Waals surface area contributed by atoms with Crippen LogP contribution in [0.5, 0.6) is 0 Å². The highest BCUT2D eigenvalue weighted by Gasteiger charge is 2.28. The van der Waals surface area contributed by atoms with Gasteiger partial charge in [-0.3, -0.25) is 14.6 Å². The largest absolute Gasteiger partial charge is 0.354 e. The lowest BCUT2D eigenvalue weighted by atomic mass is 9.97. The molecule has 6 nitrogen and oxygen atoms in total. The summed E-state index contributed by atoms with van der Waals surface area (Å²) >= 11 is 0. The first kappa shape index (κ1) is 22.9. The smallest absolute Gasteiger partial charge is 0.272 e. The summed E-state index contributed by atoms with van der Waals surface area (Å²) in [4.78, 5) is 31.2. The van der Waals surface area contributed by atoms with Gasteiger partial charge in [-0.05, 0) is 68.5 Å². The molecular formula is C20H30Cl2N4O2. The van der Waals surface area contributed by atoms with Crippen LogP contribution in [0.4, 0.5) is 0 Å². The Morgan fingerprint density at radius 2 is 1.96 bits per heavy atom. The molecule has 2 atom stereocenters. The lowest BCUT2D eigenvalue weighted by Crippen LogP contribution is -2.46. The molecule has 1 saturated carbocycles. The third-order valence-electron chi connectivity index (χ3n) is 5.80. The van der Waals surface area contributed by atoms with E-state index in [1.165, 1.54) is 18.4 Å². The molecule has 2 unspecified atom stereocenters. The molecule has 0 radical (unpaired) electrons. The van der Waals surface area contributed by atoms with Crippen LogP contribution in [-0.2, 0) is 4.79 Å². The number of nitrogens with zero attached hydrogens (tertiary/aromatic N) is 2. The monoisotopic (exact) mass is 428 g/mol. The molecule has 2 aliphatic heterocycles. The maximum atomic E-state index is 12.8. The van der Waals surface area contributed by atoms with Crippen LogP contribution in [0.3, 0.4) is 0 Å². The molecule has 1 aromatic heterocycles. The minimum absolute atomic E-state index is 0. The van der Waals surface area contributed by atoms with Crippen LogP contribution in [0, 0.1) is 5.92 Å². The Hall–Kier alpha value is -1.37. The predicted octanol–water partition coefficient (Wildman–Crippen LogP) is 2.52. The van der Waals surface area contributed by atoms with E-state index in [0.717, 1.165) is 38.8 Å². The van der Waals surface area contributed by atoms with Crippen LogP contribution < -0.4 is 10.6 Å². The SMILES string of the molecule is Cl.Cl.O=C(NCC1CCCN(C(=O)c2ccc(C3CC3)cn2)C1)C1CCCN1. The van der Waals surface area contributed by atoms with Gasteiger partial charge in [0, 0.05) is 25.8 Å². The molecule has 0 bridgehead atoms. The lowest BCUT2D eigenvalue weighted by molar-refractivity contribution is -0.123. The van der Waals surface area contributed by atoms with Crippen molar-refractivity contribution in [3.05, 3.63) is 29.6 Å². The molecule has 2 N–H and O–H groups in total. The van der Waals surface area contributed by atoms with E-state index in [0.29, 0.717) is 30.6 Å². The van der Waals surface area contributed by atoms with Crippen molar-refractivity contribution in [2.45, 2.75) is 50.5 Å². The first-order valence-corrected chi connectivity index (χ1v) is 9.97. The van der Waals surface area contributed by atoms with E-state index in [4.69, 9.17) is 0 Å². The van der Waals surface area contributed by atoms with Gasteiger partial charge in [-0.2, -0.15) is 0 Å². The summed E-state index contributed by atoms with van der Waals surface area (Å²) in [6.45, 7) is 3.05. The summed E-state index contributed by atoms with van der Waals surface area (Å²) in [6, 6.07) is 3.88. The lowest BCUT2D eigenvalue weighted by Gasteiger charge is -2.33. The first-order chi connectivity index (χ1) is 12.7. The van der Waals surface area contributed by atoms with Gasteiger partial charge in [0.2, 0.25) is 5.91 Å². The van der Waals surface area contributed by atoms with Gasteiger partial charge in [-0.15, -0.1) is 24.8 Å². The van der Waals surface area contributed by atoms with Crippen LogP contribution in [0.1, 0.15) is 60.5 Å². The Kier molecular flexibility index (Phi) is 8.53. The molecule has 2 amide bonds. The second-order valence-corrected chi connectivity index (χ2v) is 7.90. The van der Waals surface area contributed by atoms with E-state index in [2.05, 4.69) is 15.6 Å². The zero-order valence-electron chi connectivity index (χ0n) is 16.1. The molecule has 3 aliphatic rings. The van der Waals surface area contributed by atoms with E-state index < -0.39 is 0 Å².